The second-order valence-corrected chi connectivity index (χ2v) is 3.75. The fourth-order valence-corrected chi connectivity index (χ4v) is 1.46. The van der Waals surface area contributed by atoms with Crippen LogP contribution in [0.5, 0.6) is 0 Å². The third-order valence-electron chi connectivity index (χ3n) is 2.14. The molecule has 2 nitrogen and oxygen atoms in total. The predicted molar refractivity (Wildman–Crippen MR) is 66.1 cm³/mol. The summed E-state index contributed by atoms with van der Waals surface area (Å²) in [5, 5.41) is 2.78. The van der Waals surface area contributed by atoms with Crippen LogP contribution in [0.2, 0.25) is 0 Å². The average molecular weight is 236 g/mol. The summed E-state index contributed by atoms with van der Waals surface area (Å²) in [5.41, 5.74) is 0.921. The molecule has 1 aromatic rings. The summed E-state index contributed by atoms with van der Waals surface area (Å²) in [7, 11) is 0. The zero-order valence-electron chi connectivity index (χ0n) is 8.95. The van der Waals surface area contributed by atoms with Crippen molar-refractivity contribution in [2.24, 2.45) is 0 Å². The van der Waals surface area contributed by atoms with Crippen LogP contribution in [0.1, 0.15) is 24.4 Å². The molecular weight excluding hydrogens is 222 g/mol. The van der Waals surface area contributed by atoms with E-state index in [1.807, 2.05) is 30.3 Å². The van der Waals surface area contributed by atoms with E-state index >= 15 is 0 Å². The minimum absolute atomic E-state index is 0.0625. The molecule has 0 aliphatic carbocycles. The Bertz CT molecular complexity index is 369. The number of carbonyl (C=O) groups is 1. The quantitative estimate of drug-likeness (QED) is 0.617. The van der Waals surface area contributed by atoms with Gasteiger partial charge in [-0.15, -0.1) is 18.0 Å². The highest BCUT2D eigenvalue weighted by Crippen LogP contribution is 2.11. The lowest BCUT2D eigenvalue weighted by atomic mass is 10.1. The van der Waals surface area contributed by atoms with Gasteiger partial charge in [-0.25, -0.2) is 0 Å². The van der Waals surface area contributed by atoms with Crippen molar-refractivity contribution in [3.63, 3.8) is 0 Å². The van der Waals surface area contributed by atoms with Gasteiger partial charge >= 0.3 is 0 Å². The SMILES string of the molecule is C#C[C@@H](NC(=O)CCCCl)c1ccccc1. The Balaban J connectivity index is 2.57. The minimum atomic E-state index is -0.357. The molecule has 0 saturated carbocycles. The number of hydrogen-bond donors (Lipinski definition) is 1. The molecule has 0 aliphatic heterocycles. The summed E-state index contributed by atoms with van der Waals surface area (Å²) < 4.78 is 0. The van der Waals surface area contributed by atoms with Crippen LogP contribution in [0.4, 0.5) is 0 Å². The first-order valence-electron chi connectivity index (χ1n) is 5.14. The van der Waals surface area contributed by atoms with Crippen LogP contribution < -0.4 is 5.32 Å². The van der Waals surface area contributed by atoms with Gasteiger partial charge in [-0.2, -0.15) is 0 Å². The highest BCUT2D eigenvalue weighted by atomic mass is 35.5. The van der Waals surface area contributed by atoms with Gasteiger partial charge in [0.05, 0.1) is 0 Å². The van der Waals surface area contributed by atoms with Crippen molar-refractivity contribution in [3.8, 4) is 12.3 Å². The Kier molecular flexibility index (Phi) is 5.45. The van der Waals surface area contributed by atoms with Gasteiger partial charge in [-0.1, -0.05) is 36.3 Å². The number of alkyl halides is 1. The summed E-state index contributed by atoms with van der Waals surface area (Å²) in [6.45, 7) is 0. The molecule has 0 aromatic heterocycles. The number of hydrogen-bond acceptors (Lipinski definition) is 1. The maximum absolute atomic E-state index is 11.5. The van der Waals surface area contributed by atoms with Crippen LogP contribution in [0.15, 0.2) is 30.3 Å². The molecule has 1 atom stereocenters. The number of nitrogens with one attached hydrogen (secondary N) is 1. The van der Waals surface area contributed by atoms with E-state index in [9.17, 15) is 4.79 Å². The first-order chi connectivity index (χ1) is 7.77. The largest absolute Gasteiger partial charge is 0.338 e. The Labute approximate surface area is 101 Å². The lowest BCUT2D eigenvalue weighted by molar-refractivity contribution is -0.121. The van der Waals surface area contributed by atoms with E-state index in [0.29, 0.717) is 18.7 Å². The van der Waals surface area contributed by atoms with Crippen molar-refractivity contribution in [3.05, 3.63) is 35.9 Å². The van der Waals surface area contributed by atoms with Crippen LogP contribution in [0.25, 0.3) is 0 Å². The Hall–Kier alpha value is -1.46. The maximum Gasteiger partial charge on any atom is 0.221 e. The summed E-state index contributed by atoms with van der Waals surface area (Å²) in [5.74, 6) is 2.98. The number of carbonyl (C=O) groups excluding carboxylic acids is 1. The number of halogens is 1. The standard InChI is InChI=1S/C13H14ClNO/c1-2-12(11-7-4-3-5-8-11)15-13(16)9-6-10-14/h1,3-5,7-8,12H,6,9-10H2,(H,15,16)/t12-/m1/s1. The van der Waals surface area contributed by atoms with Crippen LogP contribution in [-0.4, -0.2) is 11.8 Å². The maximum atomic E-state index is 11.5. The third-order valence-corrected chi connectivity index (χ3v) is 2.41. The molecule has 84 valence electrons. The zero-order valence-corrected chi connectivity index (χ0v) is 9.70. The van der Waals surface area contributed by atoms with Crippen molar-refractivity contribution in [1.29, 1.82) is 0 Å². The van der Waals surface area contributed by atoms with Crippen LogP contribution in [-0.2, 0) is 4.79 Å². The van der Waals surface area contributed by atoms with Gasteiger partial charge in [0, 0.05) is 12.3 Å². The van der Waals surface area contributed by atoms with Crippen LogP contribution in [0, 0.1) is 12.3 Å². The lowest BCUT2D eigenvalue weighted by Crippen LogP contribution is -2.27. The van der Waals surface area contributed by atoms with Crippen molar-refractivity contribution in [1.82, 2.24) is 5.32 Å². The molecule has 0 fully saturated rings. The summed E-state index contributed by atoms with van der Waals surface area (Å²) in [6, 6.07) is 9.13. The lowest BCUT2D eigenvalue weighted by Gasteiger charge is -2.13. The fourth-order valence-electron chi connectivity index (χ4n) is 1.33. The molecule has 1 aromatic carbocycles. The molecule has 0 heterocycles. The molecule has 0 unspecified atom stereocenters. The smallest absolute Gasteiger partial charge is 0.221 e. The fraction of sp³-hybridized carbons (Fsp3) is 0.308. The third kappa shape index (κ3) is 3.96. The molecule has 0 spiro atoms. The minimum Gasteiger partial charge on any atom is -0.338 e. The second kappa shape index (κ2) is 6.92. The van der Waals surface area contributed by atoms with Gasteiger partial charge < -0.3 is 5.32 Å². The predicted octanol–water partition coefficient (Wildman–Crippen LogP) is 2.50. The highest BCUT2D eigenvalue weighted by molar-refractivity contribution is 6.17. The van der Waals surface area contributed by atoms with E-state index in [1.54, 1.807) is 0 Å². The Morgan fingerprint density at radius 3 is 2.69 bits per heavy atom. The molecule has 16 heavy (non-hydrogen) atoms. The van der Waals surface area contributed by atoms with Gasteiger partial charge in [0.25, 0.3) is 0 Å². The number of benzene rings is 1. The van der Waals surface area contributed by atoms with E-state index < -0.39 is 0 Å². The normalized spacial score (nSPS) is 11.5. The van der Waals surface area contributed by atoms with E-state index in [4.69, 9.17) is 18.0 Å². The molecule has 0 bridgehead atoms. The molecule has 0 saturated heterocycles. The topological polar surface area (TPSA) is 29.1 Å². The van der Waals surface area contributed by atoms with E-state index in [-0.39, 0.29) is 11.9 Å². The van der Waals surface area contributed by atoms with Crippen LogP contribution >= 0.6 is 11.6 Å². The molecule has 1 amide bonds. The summed E-state index contributed by atoms with van der Waals surface area (Å²) in [4.78, 5) is 11.5. The van der Waals surface area contributed by atoms with Crippen molar-refractivity contribution in [2.75, 3.05) is 5.88 Å². The Morgan fingerprint density at radius 1 is 1.44 bits per heavy atom. The summed E-state index contributed by atoms with van der Waals surface area (Å²) >= 11 is 5.51. The van der Waals surface area contributed by atoms with E-state index in [2.05, 4.69) is 11.2 Å². The number of amides is 1. The molecule has 0 radical (unpaired) electrons. The van der Waals surface area contributed by atoms with E-state index in [0.717, 1.165) is 5.56 Å². The van der Waals surface area contributed by atoms with Crippen molar-refractivity contribution >= 4 is 17.5 Å². The molecule has 1 N–H and O–H groups in total. The van der Waals surface area contributed by atoms with Gasteiger partial charge in [0.15, 0.2) is 0 Å². The molecular formula is C13H14ClNO. The average Bonchev–Trinajstić information content (AvgIpc) is 2.34. The summed E-state index contributed by atoms with van der Waals surface area (Å²) in [6.07, 6.45) is 6.47. The van der Waals surface area contributed by atoms with E-state index in [1.165, 1.54) is 0 Å². The van der Waals surface area contributed by atoms with Crippen molar-refractivity contribution < 1.29 is 4.79 Å². The first kappa shape index (κ1) is 12.6. The number of terminal acetylenes is 1. The van der Waals surface area contributed by atoms with Crippen LogP contribution in [0.3, 0.4) is 0 Å². The van der Waals surface area contributed by atoms with Gasteiger partial charge in [0.2, 0.25) is 5.91 Å². The number of rotatable bonds is 5. The molecule has 3 heteroatoms. The zero-order chi connectivity index (χ0) is 11.8. The molecule has 1 rings (SSSR count). The monoisotopic (exact) mass is 235 g/mol. The second-order valence-electron chi connectivity index (χ2n) is 3.37. The van der Waals surface area contributed by atoms with Crippen molar-refractivity contribution in [2.45, 2.75) is 18.9 Å². The first-order valence-corrected chi connectivity index (χ1v) is 5.67. The van der Waals surface area contributed by atoms with Gasteiger partial charge in [0.1, 0.15) is 6.04 Å². The highest BCUT2D eigenvalue weighted by Gasteiger charge is 2.10. The van der Waals surface area contributed by atoms with Gasteiger partial charge in [-0.3, -0.25) is 4.79 Å². The Morgan fingerprint density at radius 2 is 2.12 bits per heavy atom. The molecule has 0 aliphatic rings. The van der Waals surface area contributed by atoms with Gasteiger partial charge in [-0.05, 0) is 12.0 Å².